The molecule has 1 aromatic rings. The Hall–Kier alpha value is -1.71. The molecule has 0 aliphatic carbocycles. The van der Waals surface area contributed by atoms with Crippen LogP contribution >= 0.6 is 0 Å². The van der Waals surface area contributed by atoms with E-state index < -0.39 is 0 Å². The molecule has 0 spiro atoms. The van der Waals surface area contributed by atoms with Crippen molar-refractivity contribution in [1.82, 2.24) is 0 Å². The molecule has 0 amide bonds. The Balaban J connectivity index is 2.42. The summed E-state index contributed by atoms with van der Waals surface area (Å²) in [5, 5.41) is 0. The summed E-state index contributed by atoms with van der Waals surface area (Å²) in [5.74, 6) is 0.247. The van der Waals surface area contributed by atoms with Gasteiger partial charge in [-0.1, -0.05) is 19.9 Å². The van der Waals surface area contributed by atoms with Crippen molar-refractivity contribution >= 4 is 17.3 Å². The fourth-order valence-corrected chi connectivity index (χ4v) is 3.02. The first kappa shape index (κ1) is 14.7. The lowest BCUT2D eigenvalue weighted by molar-refractivity contribution is 0.0527. The van der Waals surface area contributed by atoms with Crippen LogP contribution in [0.4, 0.5) is 11.4 Å². The van der Waals surface area contributed by atoms with Gasteiger partial charge in [-0.2, -0.15) is 0 Å². The Morgan fingerprint density at radius 2 is 2.25 bits per heavy atom. The highest BCUT2D eigenvalue weighted by Gasteiger charge is 2.31. The van der Waals surface area contributed by atoms with E-state index in [-0.39, 0.29) is 5.97 Å². The zero-order chi connectivity index (χ0) is 14.7. The lowest BCUT2D eigenvalue weighted by atomic mass is 10.0. The molecule has 1 aromatic carbocycles. The molecule has 0 bridgehead atoms. The number of nitrogens with zero attached hydrogens (tertiary/aromatic N) is 1. The first-order valence-corrected chi connectivity index (χ1v) is 7.38. The number of carbonyl (C=O) groups is 1. The van der Waals surface area contributed by atoms with Gasteiger partial charge in [0.1, 0.15) is 0 Å². The van der Waals surface area contributed by atoms with E-state index in [9.17, 15) is 4.79 Å². The highest BCUT2D eigenvalue weighted by molar-refractivity contribution is 5.99. The third kappa shape index (κ3) is 2.74. The summed E-state index contributed by atoms with van der Waals surface area (Å²) >= 11 is 0. The minimum absolute atomic E-state index is 0.288. The summed E-state index contributed by atoms with van der Waals surface area (Å²) in [5.41, 5.74) is 8.24. The van der Waals surface area contributed by atoms with E-state index >= 15 is 0 Å². The van der Waals surface area contributed by atoms with E-state index in [1.165, 1.54) is 0 Å². The van der Waals surface area contributed by atoms with Gasteiger partial charge >= 0.3 is 5.97 Å². The normalized spacial score (nSPS) is 18.6. The van der Waals surface area contributed by atoms with Gasteiger partial charge in [0.25, 0.3) is 0 Å². The van der Waals surface area contributed by atoms with Crippen molar-refractivity contribution < 1.29 is 9.53 Å². The van der Waals surface area contributed by atoms with Crippen LogP contribution in [0.2, 0.25) is 0 Å². The minimum atomic E-state index is -0.288. The summed E-state index contributed by atoms with van der Waals surface area (Å²) < 4.78 is 5.16. The van der Waals surface area contributed by atoms with Gasteiger partial charge < -0.3 is 15.4 Å². The summed E-state index contributed by atoms with van der Waals surface area (Å²) in [6.45, 7) is 7.57. The SMILES string of the molecule is CCOC(=O)c1cccc(N)c1N1CCCC1C(C)C. The van der Waals surface area contributed by atoms with Crippen LogP contribution in [0.5, 0.6) is 0 Å². The van der Waals surface area contributed by atoms with Crippen molar-refractivity contribution in [2.75, 3.05) is 23.8 Å². The number of esters is 1. The number of nitrogens with two attached hydrogens (primary N) is 1. The molecule has 1 aliphatic heterocycles. The van der Waals surface area contributed by atoms with Crippen molar-refractivity contribution in [3.05, 3.63) is 23.8 Å². The van der Waals surface area contributed by atoms with Crippen molar-refractivity contribution in [1.29, 1.82) is 0 Å². The van der Waals surface area contributed by atoms with Crippen molar-refractivity contribution in [3.8, 4) is 0 Å². The Kier molecular flexibility index (Phi) is 4.53. The number of rotatable bonds is 4. The molecule has 2 N–H and O–H groups in total. The molecule has 1 aliphatic rings. The second-order valence-electron chi connectivity index (χ2n) is 5.61. The quantitative estimate of drug-likeness (QED) is 0.678. The van der Waals surface area contributed by atoms with Gasteiger partial charge in [0.2, 0.25) is 0 Å². The Bertz CT molecular complexity index is 485. The number of hydrogen-bond acceptors (Lipinski definition) is 4. The Morgan fingerprint density at radius 3 is 2.90 bits per heavy atom. The first-order valence-electron chi connectivity index (χ1n) is 7.38. The second kappa shape index (κ2) is 6.16. The molecular formula is C16H24N2O2. The van der Waals surface area contributed by atoms with Gasteiger partial charge in [-0.15, -0.1) is 0 Å². The van der Waals surface area contributed by atoms with E-state index in [1.807, 2.05) is 19.1 Å². The number of benzene rings is 1. The highest BCUT2D eigenvalue weighted by atomic mass is 16.5. The van der Waals surface area contributed by atoms with Crippen LogP contribution in [0.25, 0.3) is 0 Å². The lowest BCUT2D eigenvalue weighted by Crippen LogP contribution is -2.35. The predicted octanol–water partition coefficient (Wildman–Crippen LogP) is 3.07. The molecule has 1 atom stereocenters. The van der Waals surface area contributed by atoms with Crippen LogP contribution in [0, 0.1) is 5.92 Å². The summed E-state index contributed by atoms with van der Waals surface area (Å²) in [6.07, 6.45) is 2.29. The van der Waals surface area contributed by atoms with Crippen LogP contribution in [-0.4, -0.2) is 25.2 Å². The summed E-state index contributed by atoms with van der Waals surface area (Å²) in [6, 6.07) is 5.91. The van der Waals surface area contributed by atoms with Crippen LogP contribution in [0.1, 0.15) is 44.0 Å². The molecule has 4 nitrogen and oxygen atoms in total. The topological polar surface area (TPSA) is 55.6 Å². The van der Waals surface area contributed by atoms with Crippen LogP contribution in [-0.2, 0) is 4.74 Å². The van der Waals surface area contributed by atoms with Crippen LogP contribution in [0.15, 0.2) is 18.2 Å². The third-order valence-corrected chi connectivity index (χ3v) is 3.92. The van der Waals surface area contributed by atoms with Gasteiger partial charge in [-0.25, -0.2) is 4.79 Å². The molecule has 0 saturated carbocycles. The number of carbonyl (C=O) groups excluding carboxylic acids is 1. The molecule has 2 rings (SSSR count). The van der Waals surface area contributed by atoms with Gasteiger partial charge in [0.05, 0.1) is 23.5 Å². The third-order valence-electron chi connectivity index (χ3n) is 3.92. The lowest BCUT2D eigenvalue weighted by Gasteiger charge is -2.32. The summed E-state index contributed by atoms with van der Waals surface area (Å²) in [4.78, 5) is 14.4. The minimum Gasteiger partial charge on any atom is -0.462 e. The molecule has 4 heteroatoms. The van der Waals surface area contributed by atoms with E-state index in [1.54, 1.807) is 6.07 Å². The largest absolute Gasteiger partial charge is 0.462 e. The van der Waals surface area contributed by atoms with Crippen LogP contribution in [0.3, 0.4) is 0 Å². The van der Waals surface area contributed by atoms with E-state index in [0.29, 0.717) is 29.8 Å². The van der Waals surface area contributed by atoms with Gasteiger partial charge in [0, 0.05) is 12.6 Å². The zero-order valence-corrected chi connectivity index (χ0v) is 12.6. The van der Waals surface area contributed by atoms with Crippen molar-refractivity contribution in [2.24, 2.45) is 5.92 Å². The molecule has 0 radical (unpaired) electrons. The smallest absolute Gasteiger partial charge is 0.340 e. The second-order valence-corrected chi connectivity index (χ2v) is 5.61. The monoisotopic (exact) mass is 276 g/mol. The molecule has 1 saturated heterocycles. The van der Waals surface area contributed by atoms with Crippen molar-refractivity contribution in [3.63, 3.8) is 0 Å². The number of ether oxygens (including phenoxy) is 1. The molecule has 0 aromatic heterocycles. The molecule has 1 heterocycles. The Labute approximate surface area is 120 Å². The van der Waals surface area contributed by atoms with Gasteiger partial charge in [0.15, 0.2) is 0 Å². The van der Waals surface area contributed by atoms with Gasteiger partial charge in [-0.05, 0) is 37.8 Å². The number of anilines is 2. The molecule has 110 valence electrons. The summed E-state index contributed by atoms with van der Waals surface area (Å²) in [7, 11) is 0. The maximum atomic E-state index is 12.1. The molecule has 1 unspecified atom stereocenters. The van der Waals surface area contributed by atoms with E-state index in [0.717, 1.165) is 25.1 Å². The van der Waals surface area contributed by atoms with Gasteiger partial charge in [-0.3, -0.25) is 0 Å². The molecule has 20 heavy (non-hydrogen) atoms. The number of nitrogen functional groups attached to an aromatic ring is 1. The Morgan fingerprint density at radius 1 is 1.50 bits per heavy atom. The fraction of sp³-hybridized carbons (Fsp3) is 0.562. The highest BCUT2D eigenvalue weighted by Crippen LogP contribution is 2.36. The average molecular weight is 276 g/mol. The maximum absolute atomic E-state index is 12.1. The van der Waals surface area contributed by atoms with Crippen molar-refractivity contribution in [2.45, 2.75) is 39.7 Å². The first-order chi connectivity index (χ1) is 9.56. The van der Waals surface area contributed by atoms with Crippen LogP contribution < -0.4 is 10.6 Å². The number of para-hydroxylation sites is 1. The average Bonchev–Trinajstić information content (AvgIpc) is 2.87. The number of hydrogen-bond donors (Lipinski definition) is 1. The standard InChI is InChI=1S/C16H24N2O2/c1-4-20-16(19)12-7-5-8-13(17)15(12)18-10-6-9-14(18)11(2)3/h5,7-8,11,14H,4,6,9-10,17H2,1-3H3. The predicted molar refractivity (Wildman–Crippen MR) is 82.0 cm³/mol. The maximum Gasteiger partial charge on any atom is 0.340 e. The van der Waals surface area contributed by atoms with E-state index in [4.69, 9.17) is 10.5 Å². The van der Waals surface area contributed by atoms with E-state index in [2.05, 4.69) is 18.7 Å². The molecule has 1 fully saturated rings. The fourth-order valence-electron chi connectivity index (χ4n) is 3.02. The molecular weight excluding hydrogens is 252 g/mol. The zero-order valence-electron chi connectivity index (χ0n) is 12.6.